The van der Waals surface area contributed by atoms with E-state index in [2.05, 4.69) is 19.3 Å². The van der Waals surface area contributed by atoms with Crippen LogP contribution in [0.4, 0.5) is 5.82 Å². The van der Waals surface area contributed by atoms with Crippen molar-refractivity contribution >= 4 is 57.7 Å². The number of phosphoric ester groups is 3. The number of nitrogen functional groups attached to an aromatic ring is 1. The van der Waals surface area contributed by atoms with E-state index >= 15 is 0 Å². The van der Waals surface area contributed by atoms with Gasteiger partial charge in [0.2, 0.25) is 0 Å². The first-order valence-corrected chi connectivity index (χ1v) is 18.3. The van der Waals surface area contributed by atoms with Gasteiger partial charge in [0.05, 0.1) is 25.1 Å². The van der Waals surface area contributed by atoms with Gasteiger partial charge in [-0.1, -0.05) is 12.2 Å². The van der Waals surface area contributed by atoms with Crippen LogP contribution in [0.3, 0.4) is 0 Å². The zero-order valence-electron chi connectivity index (χ0n) is 24.9. The Morgan fingerprint density at radius 1 is 0.980 bits per heavy atom. The molecule has 0 amide bonds. The third-order valence-electron chi connectivity index (χ3n) is 6.98. The number of fused-ring (bicyclic) bond motifs is 1. The molecule has 23 nitrogen and oxygen atoms in total. The van der Waals surface area contributed by atoms with Crippen LogP contribution in [-0.2, 0) is 41.1 Å². The van der Waals surface area contributed by atoms with Crippen molar-refractivity contribution in [2.75, 3.05) is 18.9 Å². The van der Waals surface area contributed by atoms with E-state index in [1.54, 1.807) is 12.1 Å². The molecule has 0 aliphatic carbocycles. The van der Waals surface area contributed by atoms with E-state index in [1.807, 2.05) is 0 Å². The van der Waals surface area contributed by atoms with Gasteiger partial charge in [0.25, 0.3) is 6.23 Å². The number of aromatic nitrogens is 5. The standard InChI is InChI=1S/C21H28N7O16P3S.Na/c22-17-12-19(25-7-24-17)28(8-26-12)21-16(43-45(32,33)34)14(30)11(42-21)6-40-47(37,38)44-46(35,36)39-5-10-13(29)15(31)20(41-10)27-3-1-2-9(4-27)18(23)48;/h1-4,7-8,10-11,13-16,20-21,29-31H,5-6H2,(H7-,22,23,24,25,32,33,34,35,36,37,38,48);/q;+1/p+1/t10-,11+,13-,14+,15-,16+,20-,21+;/m0./s1. The Morgan fingerprint density at radius 3 is 2.22 bits per heavy atom. The second-order valence-electron chi connectivity index (χ2n) is 10.3. The Morgan fingerprint density at radius 2 is 1.61 bits per heavy atom. The largest absolute Gasteiger partial charge is 1.00 e. The molecule has 0 aromatic carbocycles. The fraction of sp³-hybridized carbons (Fsp3) is 0.476. The fourth-order valence-corrected chi connectivity index (χ4v) is 7.59. The summed E-state index contributed by atoms with van der Waals surface area (Å²) in [7, 11) is -16.2. The number of nitrogens with two attached hydrogens (primary N) is 2. The van der Waals surface area contributed by atoms with Gasteiger partial charge in [-0.2, -0.15) is 8.88 Å². The van der Waals surface area contributed by atoms with Crippen LogP contribution in [-0.4, -0.2) is 109 Å². The molecule has 5 heterocycles. The molecule has 2 aliphatic rings. The average Bonchev–Trinajstić information content (AvgIpc) is 3.64. The molecular formula is C21H29N7NaO16P3S+2. The maximum absolute atomic E-state index is 12.6. The molecular weight excluding hydrogens is 754 g/mol. The number of rotatable bonds is 13. The molecule has 3 aromatic heterocycles. The van der Waals surface area contributed by atoms with E-state index in [0.29, 0.717) is 5.56 Å². The summed E-state index contributed by atoms with van der Waals surface area (Å²) in [4.78, 5) is 50.8. The monoisotopic (exact) mass is 783 g/mol. The summed E-state index contributed by atoms with van der Waals surface area (Å²) >= 11 is 4.92. The van der Waals surface area contributed by atoms with Crippen LogP contribution in [0.25, 0.3) is 11.2 Å². The smallest absolute Gasteiger partial charge is 0.389 e. The molecule has 0 radical (unpaired) electrons. The maximum Gasteiger partial charge on any atom is 1.00 e. The predicted molar refractivity (Wildman–Crippen MR) is 158 cm³/mol. The number of nitrogens with zero attached hydrogens (tertiary/aromatic N) is 5. The third kappa shape index (κ3) is 9.52. The van der Waals surface area contributed by atoms with Gasteiger partial charge in [-0.25, -0.2) is 28.6 Å². The Hall–Kier alpha value is -1.44. The molecule has 49 heavy (non-hydrogen) atoms. The average molecular weight is 783 g/mol. The number of thiocarbonyl (C=S) groups is 1. The number of hydrogen-bond donors (Lipinski definition) is 9. The van der Waals surface area contributed by atoms with Crippen LogP contribution in [0.1, 0.15) is 18.0 Å². The summed E-state index contributed by atoms with van der Waals surface area (Å²) in [6.45, 7) is -1.98. The van der Waals surface area contributed by atoms with Crippen LogP contribution in [0.2, 0.25) is 0 Å². The van der Waals surface area contributed by atoms with Gasteiger partial charge in [-0.15, -0.1) is 0 Å². The van der Waals surface area contributed by atoms with Gasteiger partial charge in [0, 0.05) is 6.07 Å². The number of aliphatic hydroxyl groups excluding tert-OH is 3. The summed E-state index contributed by atoms with van der Waals surface area (Å²) in [5.41, 5.74) is 11.9. The van der Waals surface area contributed by atoms with Crippen LogP contribution >= 0.6 is 35.7 Å². The molecule has 2 fully saturated rings. The number of imidazole rings is 1. The number of phosphoric acid groups is 3. The van der Waals surface area contributed by atoms with Crippen molar-refractivity contribution in [1.82, 2.24) is 19.5 Å². The Labute approximate surface area is 302 Å². The van der Waals surface area contributed by atoms with Crippen molar-refractivity contribution in [2.45, 2.75) is 49.1 Å². The zero-order valence-corrected chi connectivity index (χ0v) is 30.4. The second kappa shape index (κ2) is 15.7. The van der Waals surface area contributed by atoms with E-state index in [1.165, 1.54) is 17.0 Å². The summed E-state index contributed by atoms with van der Waals surface area (Å²) in [6.07, 6.45) is -7.76. The van der Waals surface area contributed by atoms with E-state index in [0.717, 1.165) is 17.2 Å². The molecule has 2 aliphatic heterocycles. The fourth-order valence-electron chi connectivity index (χ4n) is 4.83. The molecule has 28 heteroatoms. The topological polar surface area (TPSA) is 348 Å². The summed E-state index contributed by atoms with van der Waals surface area (Å²) < 4.78 is 68.7. The molecule has 264 valence electrons. The molecule has 11 N–H and O–H groups in total. The van der Waals surface area contributed by atoms with Gasteiger partial charge in [-0.05, 0) is 6.07 Å². The van der Waals surface area contributed by atoms with E-state index in [9.17, 15) is 48.6 Å². The van der Waals surface area contributed by atoms with Gasteiger partial charge in [0.15, 0.2) is 36.2 Å². The molecule has 0 saturated carbocycles. The van der Waals surface area contributed by atoms with Crippen LogP contribution < -0.4 is 45.6 Å². The van der Waals surface area contributed by atoms with Crippen molar-refractivity contribution in [3.8, 4) is 0 Å². The molecule has 10 atom stereocenters. The summed E-state index contributed by atoms with van der Waals surface area (Å²) in [6, 6.07) is 3.13. The minimum absolute atomic E-state index is 0. The van der Waals surface area contributed by atoms with Crippen molar-refractivity contribution in [1.29, 1.82) is 0 Å². The number of pyridine rings is 1. The normalized spacial score (nSPS) is 29.7. The van der Waals surface area contributed by atoms with Crippen LogP contribution in [0, 0.1) is 0 Å². The summed E-state index contributed by atoms with van der Waals surface area (Å²) in [5, 5.41) is 31.6. The van der Waals surface area contributed by atoms with Crippen molar-refractivity contribution in [3.63, 3.8) is 0 Å². The van der Waals surface area contributed by atoms with Gasteiger partial charge >= 0.3 is 53.0 Å². The van der Waals surface area contributed by atoms with Crippen LogP contribution in [0.5, 0.6) is 0 Å². The van der Waals surface area contributed by atoms with E-state index in [4.69, 9.17) is 46.7 Å². The second-order valence-corrected chi connectivity index (χ2v) is 14.9. The molecule has 0 bridgehead atoms. The zero-order chi connectivity index (χ0) is 35.2. The first kappa shape index (κ1) is 40.3. The van der Waals surface area contributed by atoms with Crippen LogP contribution in [0.15, 0.2) is 37.2 Å². The van der Waals surface area contributed by atoms with Gasteiger partial charge < -0.3 is 55.8 Å². The Balaban J connectivity index is 0.00000541. The SMILES string of the molecule is NC(=S)c1ccc[n+]([C@H]2O[C@@H](COP(=O)(O)OP(=O)(O)OC[C@H]3O[C@@H](n4cnc5c(N)ncnc54)[C@H](OP(=O)(O)O)[C@@H]3O)[C@H](O)[C@@H]2O)c1.[Na+]. The van der Waals surface area contributed by atoms with E-state index < -0.39 is 85.8 Å². The first-order chi connectivity index (χ1) is 22.4. The van der Waals surface area contributed by atoms with E-state index in [-0.39, 0.29) is 51.5 Å². The molecule has 2 saturated heterocycles. The number of hydrogen-bond acceptors (Lipinski definition) is 17. The number of anilines is 1. The maximum atomic E-state index is 12.6. The molecule has 0 spiro atoms. The number of aliphatic hydroxyl groups is 3. The molecule has 2 unspecified atom stereocenters. The van der Waals surface area contributed by atoms with Crippen molar-refractivity contribution < 1.29 is 110 Å². The molecule has 5 rings (SSSR count). The number of ether oxygens (including phenoxy) is 2. The Bertz CT molecular complexity index is 1820. The quantitative estimate of drug-likeness (QED) is 0.0338. The van der Waals surface area contributed by atoms with Crippen molar-refractivity contribution in [2.24, 2.45) is 5.73 Å². The molecule has 3 aromatic rings. The summed E-state index contributed by atoms with van der Waals surface area (Å²) in [5.74, 6) is -0.0510. The minimum atomic E-state index is -5.50. The first-order valence-electron chi connectivity index (χ1n) is 13.3. The predicted octanol–water partition coefficient (Wildman–Crippen LogP) is -5.36. The Kier molecular flexibility index (Phi) is 12.9. The van der Waals surface area contributed by atoms with Crippen molar-refractivity contribution in [3.05, 3.63) is 42.7 Å². The van der Waals surface area contributed by atoms with Gasteiger partial charge in [0.1, 0.15) is 47.4 Å². The third-order valence-corrected chi connectivity index (χ3v) is 10.3. The minimum Gasteiger partial charge on any atom is -0.389 e. The van der Waals surface area contributed by atoms with Gasteiger partial charge in [-0.3, -0.25) is 18.1 Å².